The van der Waals surface area contributed by atoms with E-state index < -0.39 is 12.2 Å². The number of benzene rings is 1. The second kappa shape index (κ2) is 5.66. The first-order valence-corrected chi connectivity index (χ1v) is 5.63. The number of rotatable bonds is 4. The van der Waals surface area contributed by atoms with Gasteiger partial charge in [0, 0.05) is 11.3 Å². The summed E-state index contributed by atoms with van der Waals surface area (Å²) in [6.45, 7) is 0.473. The van der Waals surface area contributed by atoms with Crippen molar-refractivity contribution in [1.82, 2.24) is 0 Å². The smallest absolute Gasteiger partial charge is 0.111 e. The van der Waals surface area contributed by atoms with Gasteiger partial charge in [0.05, 0.1) is 18.8 Å². The predicted molar refractivity (Wildman–Crippen MR) is 62.1 cm³/mol. The van der Waals surface area contributed by atoms with Crippen LogP contribution in [0.2, 0.25) is 0 Å². The fourth-order valence-corrected chi connectivity index (χ4v) is 2.03. The van der Waals surface area contributed by atoms with Crippen LogP contribution < -0.4 is 0 Å². The topological polar surface area (TPSA) is 58.0 Å². The molecule has 0 aliphatic heterocycles. The van der Waals surface area contributed by atoms with E-state index in [2.05, 4.69) is 10.0 Å². The van der Waals surface area contributed by atoms with Crippen LogP contribution in [-0.4, -0.2) is 18.3 Å². The van der Waals surface area contributed by atoms with E-state index in [0.717, 1.165) is 5.56 Å². The van der Waals surface area contributed by atoms with Gasteiger partial charge in [-0.05, 0) is 17.5 Å². The summed E-state index contributed by atoms with van der Waals surface area (Å²) in [6, 6.07) is 9.18. The molecule has 90 valence electrons. The molecule has 1 saturated carbocycles. The quantitative estimate of drug-likeness (QED) is 0.448. The Hall–Kier alpha value is -1.58. The Labute approximate surface area is 99.0 Å². The van der Waals surface area contributed by atoms with Crippen LogP contribution >= 0.6 is 0 Å². The van der Waals surface area contributed by atoms with Crippen LogP contribution in [0, 0.1) is 0 Å². The van der Waals surface area contributed by atoms with Gasteiger partial charge in [-0.3, -0.25) is 0 Å². The molecule has 0 spiro atoms. The van der Waals surface area contributed by atoms with Gasteiger partial charge in [0.15, 0.2) is 0 Å². The summed E-state index contributed by atoms with van der Waals surface area (Å²) < 4.78 is 19.0. The standard InChI is InChI=1S/C12H14FN3O/c13-11-6-10(7-12(11)15-16-14)17-8-9-4-2-1-3-5-9/h1-5,10-12H,6-8H2/t10-,11+,12+/m1/s1. The third kappa shape index (κ3) is 3.19. The zero-order chi connectivity index (χ0) is 12.1. The molecule has 4 nitrogen and oxygen atoms in total. The predicted octanol–water partition coefficient (Wildman–Crippen LogP) is 3.38. The highest BCUT2D eigenvalue weighted by molar-refractivity contribution is 5.13. The highest BCUT2D eigenvalue weighted by atomic mass is 19.1. The molecule has 1 aromatic carbocycles. The molecule has 1 aliphatic carbocycles. The van der Waals surface area contributed by atoms with E-state index in [1.54, 1.807) is 0 Å². The molecule has 0 heterocycles. The maximum atomic E-state index is 13.4. The Kier molecular flexibility index (Phi) is 3.96. The molecule has 17 heavy (non-hydrogen) atoms. The molecule has 3 atom stereocenters. The molecule has 0 bridgehead atoms. The molecule has 1 aliphatic rings. The third-order valence-corrected chi connectivity index (χ3v) is 2.94. The first-order chi connectivity index (χ1) is 8.29. The fourth-order valence-electron chi connectivity index (χ4n) is 2.03. The molecule has 2 rings (SSSR count). The van der Waals surface area contributed by atoms with E-state index in [4.69, 9.17) is 10.3 Å². The van der Waals surface area contributed by atoms with Crippen molar-refractivity contribution < 1.29 is 9.13 Å². The molecule has 0 aromatic heterocycles. The monoisotopic (exact) mass is 235 g/mol. The molecule has 0 N–H and O–H groups in total. The van der Waals surface area contributed by atoms with Crippen LogP contribution in [0.15, 0.2) is 35.4 Å². The van der Waals surface area contributed by atoms with Gasteiger partial charge in [0.2, 0.25) is 0 Å². The molecule has 5 heteroatoms. The normalized spacial score (nSPS) is 27.7. The number of ether oxygens (including phenoxy) is 1. The summed E-state index contributed by atoms with van der Waals surface area (Å²) in [5, 5.41) is 3.44. The number of hydrogen-bond acceptors (Lipinski definition) is 2. The van der Waals surface area contributed by atoms with Crippen molar-refractivity contribution in [3.05, 3.63) is 46.3 Å². The lowest BCUT2D eigenvalue weighted by Crippen LogP contribution is -2.10. The molecule has 0 amide bonds. The average molecular weight is 235 g/mol. The Morgan fingerprint density at radius 2 is 2.12 bits per heavy atom. The van der Waals surface area contributed by atoms with Crippen molar-refractivity contribution in [3.63, 3.8) is 0 Å². The number of hydrogen-bond donors (Lipinski definition) is 0. The average Bonchev–Trinajstić information content (AvgIpc) is 2.70. The van der Waals surface area contributed by atoms with Crippen LogP contribution in [0.5, 0.6) is 0 Å². The molecule has 0 saturated heterocycles. The second-order valence-electron chi connectivity index (χ2n) is 4.18. The van der Waals surface area contributed by atoms with Crippen molar-refractivity contribution in [2.24, 2.45) is 5.11 Å². The Morgan fingerprint density at radius 3 is 2.82 bits per heavy atom. The van der Waals surface area contributed by atoms with Crippen molar-refractivity contribution in [2.45, 2.75) is 37.8 Å². The summed E-state index contributed by atoms with van der Waals surface area (Å²) in [5.74, 6) is 0. The molecule has 0 unspecified atom stereocenters. The summed E-state index contributed by atoms with van der Waals surface area (Å²) in [4.78, 5) is 2.65. The lowest BCUT2D eigenvalue weighted by Gasteiger charge is -2.10. The fraction of sp³-hybridized carbons (Fsp3) is 0.500. The van der Waals surface area contributed by atoms with E-state index in [9.17, 15) is 4.39 Å². The SMILES string of the molecule is [N-]=[N+]=N[C@H]1C[C@H](OCc2ccccc2)C[C@@H]1F. The Balaban J connectivity index is 1.84. The second-order valence-corrected chi connectivity index (χ2v) is 4.18. The van der Waals surface area contributed by atoms with Crippen LogP contribution in [0.1, 0.15) is 18.4 Å². The van der Waals surface area contributed by atoms with Gasteiger partial charge in [-0.15, -0.1) is 0 Å². The first-order valence-electron chi connectivity index (χ1n) is 5.63. The van der Waals surface area contributed by atoms with Crippen molar-refractivity contribution >= 4 is 0 Å². The number of alkyl halides is 1. The van der Waals surface area contributed by atoms with Crippen LogP contribution in [0.3, 0.4) is 0 Å². The van der Waals surface area contributed by atoms with E-state index in [1.165, 1.54) is 0 Å². The Morgan fingerprint density at radius 1 is 1.35 bits per heavy atom. The summed E-state index contributed by atoms with van der Waals surface area (Å²) in [5.41, 5.74) is 9.35. The highest BCUT2D eigenvalue weighted by Crippen LogP contribution is 2.28. The van der Waals surface area contributed by atoms with Gasteiger partial charge < -0.3 is 4.74 Å². The van der Waals surface area contributed by atoms with Crippen LogP contribution in [0.4, 0.5) is 4.39 Å². The Bertz CT molecular complexity index is 405. The summed E-state index contributed by atoms with van der Waals surface area (Å²) >= 11 is 0. The van der Waals surface area contributed by atoms with Crippen LogP contribution in [-0.2, 0) is 11.3 Å². The van der Waals surface area contributed by atoms with Gasteiger partial charge in [0.1, 0.15) is 6.17 Å². The molecule has 0 radical (unpaired) electrons. The molecular formula is C12H14FN3O. The maximum Gasteiger partial charge on any atom is 0.111 e. The minimum absolute atomic E-state index is 0.152. The van der Waals surface area contributed by atoms with Crippen molar-refractivity contribution in [3.8, 4) is 0 Å². The molecular weight excluding hydrogens is 221 g/mol. The number of azide groups is 1. The largest absolute Gasteiger partial charge is 0.373 e. The summed E-state index contributed by atoms with van der Waals surface area (Å²) in [7, 11) is 0. The first kappa shape index (κ1) is 11.9. The van der Waals surface area contributed by atoms with E-state index >= 15 is 0 Å². The van der Waals surface area contributed by atoms with Gasteiger partial charge in [-0.2, -0.15) is 0 Å². The molecule has 1 aromatic rings. The zero-order valence-corrected chi connectivity index (χ0v) is 9.37. The van der Waals surface area contributed by atoms with E-state index in [0.29, 0.717) is 19.4 Å². The van der Waals surface area contributed by atoms with E-state index in [1.807, 2.05) is 30.3 Å². The van der Waals surface area contributed by atoms with Crippen LogP contribution in [0.25, 0.3) is 10.4 Å². The molecule has 1 fully saturated rings. The number of halogens is 1. The highest BCUT2D eigenvalue weighted by Gasteiger charge is 2.34. The minimum Gasteiger partial charge on any atom is -0.373 e. The van der Waals surface area contributed by atoms with Gasteiger partial charge in [0.25, 0.3) is 0 Å². The van der Waals surface area contributed by atoms with Gasteiger partial charge in [-0.1, -0.05) is 35.4 Å². The lowest BCUT2D eigenvalue weighted by molar-refractivity contribution is 0.0412. The zero-order valence-electron chi connectivity index (χ0n) is 9.37. The van der Waals surface area contributed by atoms with Gasteiger partial charge >= 0.3 is 0 Å². The third-order valence-electron chi connectivity index (χ3n) is 2.94. The number of nitrogens with zero attached hydrogens (tertiary/aromatic N) is 3. The maximum absolute atomic E-state index is 13.4. The summed E-state index contributed by atoms with van der Waals surface area (Å²) in [6.07, 6.45) is -0.443. The van der Waals surface area contributed by atoms with Crippen molar-refractivity contribution in [1.29, 1.82) is 0 Å². The van der Waals surface area contributed by atoms with Crippen molar-refractivity contribution in [2.75, 3.05) is 0 Å². The lowest BCUT2D eigenvalue weighted by atomic mass is 10.2. The van der Waals surface area contributed by atoms with E-state index in [-0.39, 0.29) is 6.10 Å². The van der Waals surface area contributed by atoms with Gasteiger partial charge in [-0.25, -0.2) is 4.39 Å². The minimum atomic E-state index is -1.08.